The molecule has 6 nitrogen and oxygen atoms in total. The van der Waals surface area contributed by atoms with Gasteiger partial charge in [0.25, 0.3) is 5.91 Å². The number of rotatable bonds is 7. The first-order chi connectivity index (χ1) is 13.5. The Hall–Kier alpha value is -2.51. The fourth-order valence-corrected chi connectivity index (χ4v) is 4.17. The van der Waals surface area contributed by atoms with Crippen molar-refractivity contribution in [2.75, 3.05) is 48.7 Å². The largest absolute Gasteiger partial charge is 0.369 e. The minimum Gasteiger partial charge on any atom is -0.369 e. The summed E-state index contributed by atoms with van der Waals surface area (Å²) in [6.45, 7) is 6.32. The maximum atomic E-state index is 12.5. The number of amides is 2. The SMILES string of the molecule is Cc1ccccc1N1CC[NH+](CC(=O)Nc2ccccc2SCC(N)=O)CC1. The lowest BCUT2D eigenvalue weighted by Crippen LogP contribution is -3.15. The van der Waals surface area contributed by atoms with E-state index in [9.17, 15) is 9.59 Å². The summed E-state index contributed by atoms with van der Waals surface area (Å²) in [5.41, 5.74) is 8.53. The van der Waals surface area contributed by atoms with Gasteiger partial charge >= 0.3 is 0 Å². The molecule has 0 saturated carbocycles. The topological polar surface area (TPSA) is 79.9 Å². The zero-order valence-electron chi connectivity index (χ0n) is 16.1. The number of anilines is 2. The molecule has 3 rings (SSSR count). The molecule has 7 heteroatoms. The fraction of sp³-hybridized carbons (Fsp3) is 0.333. The smallest absolute Gasteiger partial charge is 0.279 e. The van der Waals surface area contributed by atoms with Crippen molar-refractivity contribution in [2.45, 2.75) is 11.8 Å². The van der Waals surface area contributed by atoms with Gasteiger partial charge in [0.2, 0.25) is 5.91 Å². The maximum absolute atomic E-state index is 12.5. The van der Waals surface area contributed by atoms with Gasteiger partial charge in [-0.3, -0.25) is 9.59 Å². The number of aryl methyl sites for hydroxylation is 1. The predicted octanol–water partition coefficient (Wildman–Crippen LogP) is 0.916. The van der Waals surface area contributed by atoms with Gasteiger partial charge in [-0.15, -0.1) is 11.8 Å². The average molecular weight is 400 g/mol. The van der Waals surface area contributed by atoms with Crippen molar-refractivity contribution in [2.24, 2.45) is 5.73 Å². The zero-order chi connectivity index (χ0) is 19.9. The van der Waals surface area contributed by atoms with E-state index < -0.39 is 0 Å². The number of nitrogens with zero attached hydrogens (tertiary/aromatic N) is 1. The van der Waals surface area contributed by atoms with E-state index in [1.807, 2.05) is 24.3 Å². The number of primary amides is 1. The zero-order valence-corrected chi connectivity index (χ0v) is 16.9. The third kappa shape index (κ3) is 5.50. The Kier molecular flexibility index (Phi) is 6.95. The Balaban J connectivity index is 1.51. The van der Waals surface area contributed by atoms with Crippen molar-refractivity contribution in [3.05, 3.63) is 54.1 Å². The van der Waals surface area contributed by atoms with Crippen molar-refractivity contribution in [1.29, 1.82) is 0 Å². The van der Waals surface area contributed by atoms with Crippen molar-refractivity contribution in [3.8, 4) is 0 Å². The molecule has 1 fully saturated rings. The number of piperazine rings is 1. The molecule has 1 saturated heterocycles. The van der Waals surface area contributed by atoms with Gasteiger partial charge in [0, 0.05) is 10.6 Å². The van der Waals surface area contributed by atoms with Gasteiger partial charge in [0.15, 0.2) is 6.54 Å². The molecule has 148 valence electrons. The lowest BCUT2D eigenvalue weighted by molar-refractivity contribution is -0.892. The Morgan fingerprint density at radius 2 is 1.79 bits per heavy atom. The van der Waals surface area contributed by atoms with Gasteiger partial charge in [-0.25, -0.2) is 0 Å². The van der Waals surface area contributed by atoms with Crippen LogP contribution in [0.15, 0.2) is 53.4 Å². The Bertz CT molecular complexity index is 835. The highest BCUT2D eigenvalue weighted by molar-refractivity contribution is 8.00. The van der Waals surface area contributed by atoms with Gasteiger partial charge in [0.1, 0.15) is 0 Å². The van der Waals surface area contributed by atoms with Crippen LogP contribution in [-0.2, 0) is 9.59 Å². The van der Waals surface area contributed by atoms with Crippen LogP contribution in [0.3, 0.4) is 0 Å². The molecule has 0 spiro atoms. The summed E-state index contributed by atoms with van der Waals surface area (Å²) in [4.78, 5) is 28.1. The highest BCUT2D eigenvalue weighted by atomic mass is 32.2. The van der Waals surface area contributed by atoms with Crippen LogP contribution in [0.1, 0.15) is 5.56 Å². The average Bonchev–Trinajstić information content (AvgIpc) is 2.68. The molecule has 0 radical (unpaired) electrons. The number of para-hydroxylation sites is 2. The van der Waals surface area contributed by atoms with E-state index in [2.05, 4.69) is 41.4 Å². The number of nitrogens with two attached hydrogens (primary N) is 1. The Labute approximate surface area is 170 Å². The third-order valence-electron chi connectivity index (χ3n) is 4.87. The van der Waals surface area contributed by atoms with E-state index in [-0.39, 0.29) is 17.6 Å². The Morgan fingerprint density at radius 3 is 2.50 bits per heavy atom. The van der Waals surface area contributed by atoms with E-state index in [0.29, 0.717) is 6.54 Å². The number of quaternary nitrogens is 1. The first-order valence-electron chi connectivity index (χ1n) is 9.47. The van der Waals surface area contributed by atoms with E-state index in [4.69, 9.17) is 5.73 Å². The molecule has 2 aromatic carbocycles. The normalized spacial score (nSPS) is 14.7. The van der Waals surface area contributed by atoms with Crippen LogP contribution in [0.5, 0.6) is 0 Å². The molecule has 28 heavy (non-hydrogen) atoms. The summed E-state index contributed by atoms with van der Waals surface area (Å²) < 4.78 is 0. The highest BCUT2D eigenvalue weighted by Gasteiger charge is 2.23. The third-order valence-corrected chi connectivity index (χ3v) is 5.96. The predicted molar refractivity (Wildman–Crippen MR) is 114 cm³/mol. The first kappa shape index (κ1) is 20.2. The molecule has 2 aromatic rings. The molecular weight excluding hydrogens is 372 g/mol. The van der Waals surface area contributed by atoms with Crippen molar-refractivity contribution >= 4 is 35.0 Å². The molecule has 1 aliphatic heterocycles. The molecule has 1 heterocycles. The van der Waals surface area contributed by atoms with E-state index >= 15 is 0 Å². The summed E-state index contributed by atoms with van der Waals surface area (Å²) in [5.74, 6) is -0.188. The number of carbonyl (C=O) groups is 2. The number of thioether (sulfide) groups is 1. The molecule has 2 amide bonds. The number of hydrogen-bond acceptors (Lipinski definition) is 4. The molecule has 0 aliphatic carbocycles. The second kappa shape index (κ2) is 9.61. The molecule has 0 atom stereocenters. The van der Waals surface area contributed by atoms with Crippen LogP contribution < -0.4 is 20.9 Å². The van der Waals surface area contributed by atoms with Gasteiger partial charge < -0.3 is 20.9 Å². The monoisotopic (exact) mass is 399 g/mol. The van der Waals surface area contributed by atoms with Crippen LogP contribution in [-0.4, -0.2) is 50.3 Å². The molecule has 1 aliphatic rings. The second-order valence-corrected chi connectivity index (χ2v) is 8.02. The number of benzene rings is 2. The van der Waals surface area contributed by atoms with E-state index in [1.165, 1.54) is 27.9 Å². The summed E-state index contributed by atoms with van der Waals surface area (Å²) in [5, 5.41) is 2.99. The highest BCUT2D eigenvalue weighted by Crippen LogP contribution is 2.26. The molecule has 0 aromatic heterocycles. The van der Waals surface area contributed by atoms with E-state index in [0.717, 1.165) is 36.8 Å². The summed E-state index contributed by atoms with van der Waals surface area (Å²) >= 11 is 1.34. The van der Waals surface area contributed by atoms with Gasteiger partial charge in [0.05, 0.1) is 37.6 Å². The molecular formula is C21H27N4O2S+. The summed E-state index contributed by atoms with van der Waals surface area (Å²) in [6, 6.07) is 15.9. The quantitative estimate of drug-likeness (QED) is 0.605. The standard InChI is InChI=1S/C21H26N4O2S/c1-16-6-2-4-8-18(16)25-12-10-24(11-13-25)14-21(27)23-17-7-3-5-9-19(17)28-15-20(22)26/h2-9H,10-15H2,1H3,(H2,22,26)(H,23,27)/p+1. The number of nitrogens with one attached hydrogen (secondary N) is 2. The lowest BCUT2D eigenvalue weighted by atomic mass is 10.1. The minimum atomic E-state index is -0.373. The fourth-order valence-electron chi connectivity index (χ4n) is 3.42. The molecule has 0 bridgehead atoms. The van der Waals surface area contributed by atoms with Crippen LogP contribution in [0.4, 0.5) is 11.4 Å². The number of hydrogen-bond donors (Lipinski definition) is 3. The molecule has 0 unspecified atom stereocenters. The van der Waals surface area contributed by atoms with E-state index in [1.54, 1.807) is 0 Å². The molecule has 4 N–H and O–H groups in total. The summed E-state index contributed by atoms with van der Waals surface area (Å²) in [6.07, 6.45) is 0. The Morgan fingerprint density at radius 1 is 1.11 bits per heavy atom. The minimum absolute atomic E-state index is 0.00790. The van der Waals surface area contributed by atoms with Gasteiger partial charge in [-0.2, -0.15) is 0 Å². The van der Waals surface area contributed by atoms with Crippen molar-refractivity contribution < 1.29 is 14.5 Å². The number of carbonyl (C=O) groups excluding carboxylic acids is 2. The van der Waals surface area contributed by atoms with Crippen molar-refractivity contribution in [3.63, 3.8) is 0 Å². The van der Waals surface area contributed by atoms with Crippen LogP contribution >= 0.6 is 11.8 Å². The van der Waals surface area contributed by atoms with Crippen LogP contribution in [0.25, 0.3) is 0 Å². The van der Waals surface area contributed by atoms with Crippen molar-refractivity contribution in [1.82, 2.24) is 0 Å². The van der Waals surface area contributed by atoms with Crippen LogP contribution in [0, 0.1) is 6.92 Å². The van der Waals surface area contributed by atoms with Gasteiger partial charge in [-0.05, 0) is 30.7 Å². The lowest BCUT2D eigenvalue weighted by Gasteiger charge is -2.34. The van der Waals surface area contributed by atoms with Crippen LogP contribution in [0.2, 0.25) is 0 Å². The van der Waals surface area contributed by atoms with Gasteiger partial charge in [-0.1, -0.05) is 30.3 Å². The first-order valence-corrected chi connectivity index (χ1v) is 10.5. The second-order valence-electron chi connectivity index (χ2n) is 7.00. The maximum Gasteiger partial charge on any atom is 0.279 e. The summed E-state index contributed by atoms with van der Waals surface area (Å²) in [7, 11) is 0.